The molecule has 1 amide bonds. The van der Waals surface area contributed by atoms with Gasteiger partial charge in [-0.1, -0.05) is 11.6 Å². The van der Waals surface area contributed by atoms with Crippen LogP contribution in [0.5, 0.6) is 5.75 Å². The van der Waals surface area contributed by atoms with Crippen LogP contribution in [0.4, 0.5) is 11.4 Å². The lowest BCUT2D eigenvalue weighted by atomic mass is 10.2. The van der Waals surface area contributed by atoms with E-state index in [1.807, 2.05) is 0 Å². The largest absolute Gasteiger partial charge is 0.495 e. The number of amides is 1. The van der Waals surface area contributed by atoms with E-state index in [2.05, 4.69) is 5.32 Å². The number of benzene rings is 2. The molecule has 0 atom stereocenters. The lowest BCUT2D eigenvalue weighted by Crippen LogP contribution is -2.12. The van der Waals surface area contributed by atoms with Gasteiger partial charge in [0, 0.05) is 22.5 Å². The molecule has 1 aromatic heterocycles. The molecule has 0 saturated carbocycles. The van der Waals surface area contributed by atoms with Crippen molar-refractivity contribution in [2.24, 2.45) is 0 Å². The SMILES string of the molecule is COc1ccc([N+](=O)[O-])cc1NC(=O)c1cc2cc(Cl)ccc2o1. The highest BCUT2D eigenvalue weighted by atomic mass is 35.5. The third kappa shape index (κ3) is 3.02. The standard InChI is InChI=1S/C16H11ClN2O5/c1-23-14-5-3-11(19(21)22)8-12(14)18-16(20)15-7-9-6-10(17)2-4-13(9)24-15/h2-8H,1H3,(H,18,20). The monoisotopic (exact) mass is 346 g/mol. The number of furan rings is 1. The minimum Gasteiger partial charge on any atom is -0.495 e. The summed E-state index contributed by atoms with van der Waals surface area (Å²) in [7, 11) is 1.40. The van der Waals surface area contributed by atoms with E-state index < -0.39 is 10.8 Å². The maximum atomic E-state index is 12.4. The molecule has 3 rings (SSSR count). The maximum absolute atomic E-state index is 12.4. The van der Waals surface area contributed by atoms with Crippen LogP contribution in [0, 0.1) is 10.1 Å². The number of fused-ring (bicyclic) bond motifs is 1. The number of ether oxygens (including phenoxy) is 1. The third-order valence-electron chi connectivity index (χ3n) is 3.34. The Morgan fingerprint density at radius 1 is 1.25 bits per heavy atom. The number of hydrogen-bond donors (Lipinski definition) is 1. The van der Waals surface area contributed by atoms with E-state index in [9.17, 15) is 14.9 Å². The summed E-state index contributed by atoms with van der Waals surface area (Å²) < 4.78 is 10.6. The smallest absolute Gasteiger partial charge is 0.291 e. The van der Waals surface area contributed by atoms with Crippen molar-refractivity contribution in [1.29, 1.82) is 0 Å². The first-order valence-corrected chi connectivity index (χ1v) is 7.18. The normalized spacial score (nSPS) is 10.6. The molecule has 1 N–H and O–H groups in total. The average molecular weight is 347 g/mol. The molecule has 2 aromatic carbocycles. The van der Waals surface area contributed by atoms with Gasteiger partial charge in [-0.2, -0.15) is 0 Å². The molecule has 8 heteroatoms. The summed E-state index contributed by atoms with van der Waals surface area (Å²) in [6.07, 6.45) is 0. The minimum absolute atomic E-state index is 0.0563. The summed E-state index contributed by atoms with van der Waals surface area (Å²) >= 11 is 5.90. The van der Waals surface area contributed by atoms with Crippen LogP contribution in [-0.2, 0) is 0 Å². The summed E-state index contributed by atoms with van der Waals surface area (Å²) in [5.41, 5.74) is 0.522. The van der Waals surface area contributed by atoms with Crippen molar-refractivity contribution in [2.45, 2.75) is 0 Å². The molecule has 24 heavy (non-hydrogen) atoms. The van der Waals surface area contributed by atoms with Gasteiger partial charge in [-0.05, 0) is 30.3 Å². The summed E-state index contributed by atoms with van der Waals surface area (Å²) in [5.74, 6) is -0.199. The lowest BCUT2D eigenvalue weighted by molar-refractivity contribution is -0.384. The highest BCUT2D eigenvalue weighted by molar-refractivity contribution is 6.31. The van der Waals surface area contributed by atoms with Crippen molar-refractivity contribution in [3.63, 3.8) is 0 Å². The Kier molecular flexibility index (Phi) is 4.09. The van der Waals surface area contributed by atoms with Crippen molar-refractivity contribution >= 4 is 39.9 Å². The molecular formula is C16H11ClN2O5. The van der Waals surface area contributed by atoms with E-state index in [-0.39, 0.29) is 17.1 Å². The number of hydrogen-bond acceptors (Lipinski definition) is 5. The molecule has 0 fully saturated rings. The second-order valence-electron chi connectivity index (χ2n) is 4.89. The van der Waals surface area contributed by atoms with Gasteiger partial charge < -0.3 is 14.5 Å². The molecule has 7 nitrogen and oxygen atoms in total. The molecule has 3 aromatic rings. The number of nitrogens with zero attached hydrogens (tertiary/aromatic N) is 1. The molecule has 0 spiro atoms. The number of methoxy groups -OCH3 is 1. The number of carbonyl (C=O) groups is 1. The van der Waals surface area contributed by atoms with Crippen LogP contribution in [0.1, 0.15) is 10.6 Å². The number of nitro groups is 1. The van der Waals surface area contributed by atoms with Crippen LogP contribution in [0.25, 0.3) is 11.0 Å². The van der Waals surface area contributed by atoms with Gasteiger partial charge in [0.15, 0.2) is 5.76 Å². The van der Waals surface area contributed by atoms with Gasteiger partial charge in [-0.3, -0.25) is 14.9 Å². The van der Waals surface area contributed by atoms with Crippen molar-refractivity contribution in [3.05, 3.63) is 63.4 Å². The Morgan fingerprint density at radius 3 is 2.75 bits per heavy atom. The lowest BCUT2D eigenvalue weighted by Gasteiger charge is -2.08. The van der Waals surface area contributed by atoms with Gasteiger partial charge in [0.25, 0.3) is 11.6 Å². The van der Waals surface area contributed by atoms with Gasteiger partial charge in [-0.25, -0.2) is 0 Å². The number of halogens is 1. The highest BCUT2D eigenvalue weighted by Gasteiger charge is 2.17. The highest BCUT2D eigenvalue weighted by Crippen LogP contribution is 2.30. The zero-order valence-electron chi connectivity index (χ0n) is 12.4. The number of anilines is 1. The summed E-state index contributed by atoms with van der Waals surface area (Å²) in [6.45, 7) is 0. The fourth-order valence-corrected chi connectivity index (χ4v) is 2.40. The van der Waals surface area contributed by atoms with E-state index in [1.165, 1.54) is 25.3 Å². The topological polar surface area (TPSA) is 94.6 Å². The predicted octanol–water partition coefficient (Wildman–Crippen LogP) is 4.26. The first-order valence-electron chi connectivity index (χ1n) is 6.81. The Bertz CT molecular complexity index is 951. The first-order chi connectivity index (χ1) is 11.5. The average Bonchev–Trinajstić information content (AvgIpc) is 2.97. The van der Waals surface area contributed by atoms with Gasteiger partial charge in [-0.15, -0.1) is 0 Å². The molecule has 122 valence electrons. The molecule has 0 aliphatic heterocycles. The number of carbonyl (C=O) groups excluding carboxylic acids is 1. The summed E-state index contributed by atoms with van der Waals surface area (Å²) in [4.78, 5) is 22.7. The molecule has 0 aliphatic carbocycles. The number of non-ortho nitro benzene ring substituents is 1. The van der Waals surface area contributed by atoms with Crippen molar-refractivity contribution < 1.29 is 18.9 Å². The minimum atomic E-state index is -0.557. The van der Waals surface area contributed by atoms with Gasteiger partial charge >= 0.3 is 0 Å². The molecule has 0 bridgehead atoms. The Morgan fingerprint density at radius 2 is 2.04 bits per heavy atom. The second kappa shape index (κ2) is 6.21. The van der Waals surface area contributed by atoms with Crippen LogP contribution in [0.3, 0.4) is 0 Å². The Labute approximate surface area is 140 Å². The van der Waals surface area contributed by atoms with Crippen molar-refractivity contribution in [3.8, 4) is 5.75 Å². The zero-order valence-corrected chi connectivity index (χ0v) is 13.2. The summed E-state index contributed by atoms with van der Waals surface area (Å²) in [5, 5.41) is 14.6. The second-order valence-corrected chi connectivity index (χ2v) is 5.33. The van der Waals surface area contributed by atoms with Crippen LogP contribution in [0.15, 0.2) is 46.9 Å². The van der Waals surface area contributed by atoms with Crippen LogP contribution >= 0.6 is 11.6 Å². The van der Waals surface area contributed by atoms with Crippen molar-refractivity contribution in [1.82, 2.24) is 0 Å². The maximum Gasteiger partial charge on any atom is 0.291 e. The first kappa shape index (κ1) is 15.8. The molecule has 0 saturated heterocycles. The van der Waals surface area contributed by atoms with Crippen molar-refractivity contribution in [2.75, 3.05) is 12.4 Å². The zero-order chi connectivity index (χ0) is 17.3. The van der Waals surface area contributed by atoms with E-state index in [1.54, 1.807) is 24.3 Å². The van der Waals surface area contributed by atoms with Gasteiger partial charge in [0.1, 0.15) is 11.3 Å². The molecule has 0 unspecified atom stereocenters. The van der Waals surface area contributed by atoms with E-state index in [0.29, 0.717) is 21.7 Å². The van der Waals surface area contributed by atoms with E-state index >= 15 is 0 Å². The number of nitro benzene ring substituents is 1. The van der Waals surface area contributed by atoms with Crippen LogP contribution < -0.4 is 10.1 Å². The van der Waals surface area contributed by atoms with E-state index in [0.717, 1.165) is 0 Å². The fraction of sp³-hybridized carbons (Fsp3) is 0.0625. The Hall–Kier alpha value is -3.06. The van der Waals surface area contributed by atoms with Crippen LogP contribution in [-0.4, -0.2) is 17.9 Å². The van der Waals surface area contributed by atoms with E-state index in [4.69, 9.17) is 20.8 Å². The fourth-order valence-electron chi connectivity index (χ4n) is 2.22. The summed E-state index contributed by atoms with van der Waals surface area (Å²) in [6, 6.07) is 10.4. The third-order valence-corrected chi connectivity index (χ3v) is 3.58. The van der Waals surface area contributed by atoms with Gasteiger partial charge in [0.2, 0.25) is 0 Å². The molecule has 0 radical (unpaired) electrons. The van der Waals surface area contributed by atoms with Gasteiger partial charge in [0.05, 0.1) is 17.7 Å². The van der Waals surface area contributed by atoms with Crippen LogP contribution in [0.2, 0.25) is 5.02 Å². The molecular weight excluding hydrogens is 336 g/mol. The number of rotatable bonds is 4. The predicted molar refractivity (Wildman–Crippen MR) is 88.8 cm³/mol. The molecule has 0 aliphatic rings. The number of nitrogens with one attached hydrogen (secondary N) is 1. The Balaban J connectivity index is 1.93. The quantitative estimate of drug-likeness (QED) is 0.562. The molecule has 1 heterocycles.